The number of alkyl halides is 3. The van der Waals surface area contributed by atoms with Crippen molar-refractivity contribution in [1.29, 1.82) is 0 Å². The smallest absolute Gasteiger partial charge is 0.381 e. The monoisotopic (exact) mass is 247 g/mol. The van der Waals surface area contributed by atoms with Gasteiger partial charge in [0.25, 0.3) is 0 Å². The summed E-state index contributed by atoms with van der Waals surface area (Å²) in [5.41, 5.74) is -0.380. The molecule has 1 saturated heterocycles. The van der Waals surface area contributed by atoms with E-state index >= 15 is 0 Å². The zero-order chi connectivity index (χ0) is 11.6. The fourth-order valence-electron chi connectivity index (χ4n) is 1.72. The van der Waals surface area contributed by atoms with Gasteiger partial charge in [-0.3, -0.25) is 0 Å². The van der Waals surface area contributed by atoms with Crippen molar-refractivity contribution in [2.75, 3.05) is 16.8 Å². The van der Waals surface area contributed by atoms with Crippen molar-refractivity contribution in [3.05, 3.63) is 29.8 Å². The zero-order valence-electron chi connectivity index (χ0n) is 8.55. The van der Waals surface area contributed by atoms with Gasteiger partial charge in [-0.1, -0.05) is 12.1 Å². The van der Waals surface area contributed by atoms with Crippen LogP contribution in [-0.4, -0.2) is 17.5 Å². The van der Waals surface area contributed by atoms with E-state index in [9.17, 15) is 13.2 Å². The maximum absolute atomic E-state index is 12.7. The van der Waals surface area contributed by atoms with E-state index < -0.39 is 11.7 Å². The fraction of sp³-hybridized carbons (Fsp3) is 0.455. The van der Waals surface area contributed by atoms with E-state index in [1.54, 1.807) is 17.8 Å². The van der Waals surface area contributed by atoms with E-state index in [4.69, 9.17) is 0 Å². The van der Waals surface area contributed by atoms with Gasteiger partial charge in [0, 0.05) is 17.5 Å². The number of nitrogens with one attached hydrogen (secondary N) is 1. The lowest BCUT2D eigenvalue weighted by Gasteiger charge is -2.17. The molecule has 0 amide bonds. The van der Waals surface area contributed by atoms with Gasteiger partial charge >= 0.3 is 6.18 Å². The van der Waals surface area contributed by atoms with E-state index in [-0.39, 0.29) is 11.7 Å². The van der Waals surface area contributed by atoms with Gasteiger partial charge in [-0.05, 0) is 24.3 Å². The van der Waals surface area contributed by atoms with Crippen LogP contribution < -0.4 is 5.32 Å². The molecule has 88 valence electrons. The van der Waals surface area contributed by atoms with E-state index in [0.717, 1.165) is 24.0 Å². The maximum Gasteiger partial charge on any atom is 0.418 e. The molecule has 1 aromatic rings. The molecule has 16 heavy (non-hydrogen) atoms. The lowest BCUT2D eigenvalue weighted by Crippen LogP contribution is -2.20. The van der Waals surface area contributed by atoms with Gasteiger partial charge in [0.05, 0.1) is 5.56 Å². The van der Waals surface area contributed by atoms with Gasteiger partial charge in [-0.25, -0.2) is 0 Å². The average molecular weight is 247 g/mol. The minimum Gasteiger partial charge on any atom is -0.381 e. The van der Waals surface area contributed by atoms with Gasteiger partial charge in [-0.2, -0.15) is 24.9 Å². The predicted molar refractivity (Wildman–Crippen MR) is 60.8 cm³/mol. The maximum atomic E-state index is 12.7. The Morgan fingerprint density at radius 2 is 2.00 bits per heavy atom. The summed E-state index contributed by atoms with van der Waals surface area (Å²) < 4.78 is 38.0. The largest absolute Gasteiger partial charge is 0.418 e. The third kappa shape index (κ3) is 2.64. The summed E-state index contributed by atoms with van der Waals surface area (Å²) in [4.78, 5) is 0. The molecule has 0 radical (unpaired) electrons. The molecule has 0 aliphatic carbocycles. The zero-order valence-corrected chi connectivity index (χ0v) is 9.37. The average Bonchev–Trinajstić information content (AvgIpc) is 2.70. The molecule has 2 rings (SSSR count). The van der Waals surface area contributed by atoms with Crippen molar-refractivity contribution in [3.63, 3.8) is 0 Å². The minimum absolute atomic E-state index is 0.161. The molecular weight excluding hydrogens is 235 g/mol. The third-order valence-corrected chi connectivity index (χ3v) is 3.68. The Bertz CT molecular complexity index is 358. The lowest BCUT2D eigenvalue weighted by atomic mass is 10.1. The Balaban J connectivity index is 2.19. The molecule has 1 aliphatic heterocycles. The number of para-hydroxylation sites is 1. The summed E-state index contributed by atoms with van der Waals surface area (Å²) in [6, 6.07) is 5.81. The highest BCUT2D eigenvalue weighted by Crippen LogP contribution is 2.35. The van der Waals surface area contributed by atoms with Gasteiger partial charge in [0.2, 0.25) is 0 Å². The van der Waals surface area contributed by atoms with Crippen LogP contribution in [0.15, 0.2) is 24.3 Å². The van der Waals surface area contributed by atoms with Gasteiger partial charge in [-0.15, -0.1) is 0 Å². The van der Waals surface area contributed by atoms with E-state index in [2.05, 4.69) is 5.32 Å². The first kappa shape index (κ1) is 11.6. The van der Waals surface area contributed by atoms with E-state index in [1.807, 2.05) is 0 Å². The van der Waals surface area contributed by atoms with Crippen LogP contribution in [0.25, 0.3) is 0 Å². The molecular formula is C11H12F3NS. The highest BCUT2D eigenvalue weighted by molar-refractivity contribution is 7.99. The van der Waals surface area contributed by atoms with Crippen LogP contribution in [0.4, 0.5) is 18.9 Å². The molecule has 0 saturated carbocycles. The lowest BCUT2D eigenvalue weighted by molar-refractivity contribution is -0.137. The third-order valence-electron chi connectivity index (χ3n) is 2.52. The SMILES string of the molecule is FC(F)(F)c1ccccc1NC1CCSC1. The quantitative estimate of drug-likeness (QED) is 0.856. The van der Waals surface area contributed by atoms with Crippen LogP contribution in [0, 0.1) is 0 Å². The molecule has 0 spiro atoms. The Labute approximate surface area is 96.4 Å². The van der Waals surface area contributed by atoms with Crippen LogP contribution in [0.3, 0.4) is 0 Å². The summed E-state index contributed by atoms with van der Waals surface area (Å²) >= 11 is 1.77. The van der Waals surface area contributed by atoms with E-state index in [0.29, 0.717) is 0 Å². The Kier molecular flexibility index (Phi) is 3.33. The van der Waals surface area contributed by atoms with Crippen molar-refractivity contribution < 1.29 is 13.2 Å². The Hall–Kier alpha value is -0.840. The summed E-state index contributed by atoms with van der Waals surface area (Å²) in [7, 11) is 0. The summed E-state index contributed by atoms with van der Waals surface area (Å²) in [6.45, 7) is 0. The van der Waals surface area contributed by atoms with Crippen LogP contribution in [0.2, 0.25) is 0 Å². The number of hydrogen-bond donors (Lipinski definition) is 1. The normalized spacial score (nSPS) is 21.1. The molecule has 1 heterocycles. The van der Waals surface area contributed by atoms with Gasteiger partial charge in [0.1, 0.15) is 0 Å². The minimum atomic E-state index is -4.28. The molecule has 1 nitrogen and oxygen atoms in total. The topological polar surface area (TPSA) is 12.0 Å². The van der Waals surface area contributed by atoms with Crippen molar-refractivity contribution in [3.8, 4) is 0 Å². The molecule has 1 unspecified atom stereocenters. The number of halogens is 3. The molecule has 1 atom stereocenters. The van der Waals surface area contributed by atoms with Crippen molar-refractivity contribution in [2.45, 2.75) is 18.6 Å². The first-order chi connectivity index (χ1) is 7.57. The highest BCUT2D eigenvalue weighted by atomic mass is 32.2. The van der Waals surface area contributed by atoms with Gasteiger partial charge in [0.15, 0.2) is 0 Å². The molecule has 0 bridgehead atoms. The van der Waals surface area contributed by atoms with Crippen molar-refractivity contribution in [2.24, 2.45) is 0 Å². The van der Waals surface area contributed by atoms with Crippen LogP contribution in [-0.2, 0) is 6.18 Å². The molecule has 1 fully saturated rings. The molecule has 1 aliphatic rings. The summed E-state index contributed by atoms with van der Waals surface area (Å²) in [5, 5.41) is 2.98. The van der Waals surface area contributed by atoms with Crippen LogP contribution in [0.1, 0.15) is 12.0 Å². The summed E-state index contributed by atoms with van der Waals surface area (Å²) in [5.74, 6) is 1.90. The number of hydrogen-bond acceptors (Lipinski definition) is 2. The fourth-order valence-corrected chi connectivity index (χ4v) is 2.88. The van der Waals surface area contributed by atoms with E-state index in [1.165, 1.54) is 12.1 Å². The second-order valence-electron chi connectivity index (χ2n) is 3.75. The van der Waals surface area contributed by atoms with Crippen LogP contribution in [0.5, 0.6) is 0 Å². The second-order valence-corrected chi connectivity index (χ2v) is 4.90. The highest BCUT2D eigenvalue weighted by Gasteiger charge is 2.33. The first-order valence-corrected chi connectivity index (χ1v) is 6.23. The molecule has 0 aromatic heterocycles. The summed E-state index contributed by atoms with van der Waals surface area (Å²) in [6.07, 6.45) is -3.35. The number of benzene rings is 1. The number of rotatable bonds is 2. The Morgan fingerprint density at radius 1 is 1.25 bits per heavy atom. The standard InChI is InChI=1S/C11H12F3NS/c12-11(13,14)9-3-1-2-4-10(9)15-8-5-6-16-7-8/h1-4,8,15H,5-7H2. The molecule has 5 heteroatoms. The second kappa shape index (κ2) is 4.57. The van der Waals surface area contributed by atoms with Gasteiger partial charge < -0.3 is 5.32 Å². The van der Waals surface area contributed by atoms with Crippen LogP contribution >= 0.6 is 11.8 Å². The first-order valence-electron chi connectivity index (χ1n) is 5.08. The van der Waals surface area contributed by atoms with Crippen molar-refractivity contribution >= 4 is 17.4 Å². The number of anilines is 1. The molecule has 1 aromatic carbocycles. The molecule has 1 N–H and O–H groups in total. The predicted octanol–water partition coefficient (Wildman–Crippen LogP) is 3.62. The van der Waals surface area contributed by atoms with Crippen molar-refractivity contribution in [1.82, 2.24) is 0 Å². The Morgan fingerprint density at radius 3 is 2.62 bits per heavy atom. The number of thioether (sulfide) groups is 1.